The molecule has 2 aliphatic rings. The van der Waals surface area contributed by atoms with Crippen molar-refractivity contribution < 1.29 is 14.5 Å². The Morgan fingerprint density at radius 1 is 1.36 bits per heavy atom. The topological polar surface area (TPSA) is 61.7 Å². The van der Waals surface area contributed by atoms with Gasteiger partial charge in [0, 0.05) is 13.0 Å². The molecule has 3 rings (SSSR count). The number of piperazine rings is 1. The van der Waals surface area contributed by atoms with Gasteiger partial charge < -0.3 is 14.5 Å². The highest BCUT2D eigenvalue weighted by molar-refractivity contribution is 4.89. The summed E-state index contributed by atoms with van der Waals surface area (Å²) in [5, 5.41) is 12.7. The Labute approximate surface area is 151 Å². The highest BCUT2D eigenvalue weighted by Gasteiger charge is 2.34. The summed E-state index contributed by atoms with van der Waals surface area (Å²) in [6, 6.07) is 0.404. The molecule has 1 aromatic rings. The van der Waals surface area contributed by atoms with Crippen molar-refractivity contribution in [3.8, 4) is 0 Å². The van der Waals surface area contributed by atoms with Crippen LogP contribution in [0.15, 0.2) is 12.7 Å². The van der Waals surface area contributed by atoms with Crippen LogP contribution in [0.25, 0.3) is 0 Å². The number of nitrogens with zero attached hydrogens (tertiary/aromatic N) is 4. The number of rotatable bonds is 9. The average Bonchev–Trinajstić information content (AvgIpc) is 3.30. The van der Waals surface area contributed by atoms with Crippen molar-refractivity contribution >= 4 is 0 Å². The Hall–Kier alpha value is -1.31. The van der Waals surface area contributed by atoms with Crippen LogP contribution in [0.2, 0.25) is 0 Å². The third kappa shape index (κ3) is 4.86. The van der Waals surface area contributed by atoms with Gasteiger partial charge in [-0.1, -0.05) is 19.9 Å². The van der Waals surface area contributed by atoms with E-state index in [1.54, 1.807) is 9.80 Å². The van der Waals surface area contributed by atoms with Gasteiger partial charge in [0.25, 0.3) is 0 Å². The summed E-state index contributed by atoms with van der Waals surface area (Å²) in [5.74, 6) is 1.06. The Morgan fingerprint density at radius 3 is 2.88 bits per heavy atom. The fourth-order valence-corrected chi connectivity index (χ4v) is 4.18. The lowest BCUT2D eigenvalue weighted by molar-refractivity contribution is -1.03. The van der Waals surface area contributed by atoms with Crippen LogP contribution in [0, 0.1) is 0 Å². The molecule has 2 fully saturated rings. The minimum Gasteiger partial charge on any atom is -0.376 e. The summed E-state index contributed by atoms with van der Waals surface area (Å²) in [6.07, 6.45) is 8.19. The van der Waals surface area contributed by atoms with Gasteiger partial charge in [0.1, 0.15) is 32.2 Å². The molecule has 1 aromatic heterocycles. The zero-order valence-electron chi connectivity index (χ0n) is 15.6. The molecule has 0 radical (unpaired) electrons. The van der Waals surface area contributed by atoms with E-state index >= 15 is 0 Å². The van der Waals surface area contributed by atoms with Gasteiger partial charge in [-0.15, -0.1) is 5.10 Å². The fraction of sp³-hybridized carbons (Fsp3) is 0.833. The van der Waals surface area contributed by atoms with Gasteiger partial charge in [0.05, 0.1) is 19.2 Å². The minimum atomic E-state index is 0.276. The summed E-state index contributed by atoms with van der Waals surface area (Å²) in [7, 11) is 0. The summed E-state index contributed by atoms with van der Waals surface area (Å²) < 4.78 is 7.81. The first-order valence-corrected chi connectivity index (χ1v) is 9.98. The number of nitrogens with one attached hydrogen (secondary N) is 2. The Balaban J connectivity index is 1.68. The average molecular weight is 351 g/mol. The van der Waals surface area contributed by atoms with E-state index in [9.17, 15) is 0 Å². The summed E-state index contributed by atoms with van der Waals surface area (Å²) in [5.41, 5.74) is 0. The largest absolute Gasteiger partial charge is 0.376 e. The molecule has 0 saturated carbocycles. The summed E-state index contributed by atoms with van der Waals surface area (Å²) >= 11 is 0. The molecule has 2 aliphatic heterocycles. The third-order valence-corrected chi connectivity index (χ3v) is 5.64. The molecule has 0 aromatic carbocycles. The van der Waals surface area contributed by atoms with Crippen molar-refractivity contribution in [3.05, 3.63) is 18.5 Å². The Morgan fingerprint density at radius 2 is 2.20 bits per heavy atom. The van der Waals surface area contributed by atoms with E-state index in [4.69, 9.17) is 4.74 Å². The van der Waals surface area contributed by atoms with Crippen molar-refractivity contribution in [2.24, 2.45) is 0 Å². The van der Waals surface area contributed by atoms with Crippen LogP contribution >= 0.6 is 0 Å². The quantitative estimate of drug-likeness (QED) is 0.564. The minimum absolute atomic E-state index is 0.276. The van der Waals surface area contributed by atoms with E-state index in [-0.39, 0.29) is 6.10 Å². The third-order valence-electron chi connectivity index (χ3n) is 5.64. The van der Waals surface area contributed by atoms with Crippen molar-refractivity contribution in [1.29, 1.82) is 0 Å². The molecule has 0 spiro atoms. The fourth-order valence-electron chi connectivity index (χ4n) is 4.18. The molecule has 0 unspecified atom stereocenters. The molecule has 0 amide bonds. The zero-order valence-corrected chi connectivity index (χ0v) is 15.6. The number of ether oxygens (including phenoxy) is 1. The maximum atomic E-state index is 5.79. The standard InChI is InChI=1S/C18H32N6O/c1-3-5-8-17(23-12-10-22(9-4-2)11-13-23)18-19-20-21-24(18)15-16-7-6-14-25-16/h4,16-17H,2-3,5-15H2,1H3/p+2/t16-,17-/m1/s1. The molecular weight excluding hydrogens is 316 g/mol. The maximum absolute atomic E-state index is 5.79. The molecule has 25 heavy (non-hydrogen) atoms. The van der Waals surface area contributed by atoms with Crippen molar-refractivity contribution in [2.45, 2.75) is 57.7 Å². The number of aromatic nitrogens is 4. The lowest BCUT2D eigenvalue weighted by Gasteiger charge is -2.33. The molecule has 2 N–H and O–H groups in total. The van der Waals surface area contributed by atoms with Crippen LogP contribution in [-0.2, 0) is 11.3 Å². The molecule has 3 heterocycles. The van der Waals surface area contributed by atoms with Gasteiger partial charge in [-0.3, -0.25) is 0 Å². The van der Waals surface area contributed by atoms with E-state index in [1.807, 2.05) is 10.8 Å². The van der Waals surface area contributed by atoms with E-state index in [0.29, 0.717) is 6.04 Å². The molecule has 7 nitrogen and oxygen atoms in total. The van der Waals surface area contributed by atoms with Crippen molar-refractivity contribution in [1.82, 2.24) is 20.2 Å². The lowest BCUT2D eigenvalue weighted by atomic mass is 10.1. The number of unbranched alkanes of at least 4 members (excludes halogenated alkanes) is 1. The smallest absolute Gasteiger partial charge is 0.209 e. The van der Waals surface area contributed by atoms with E-state index < -0.39 is 0 Å². The van der Waals surface area contributed by atoms with Gasteiger partial charge in [-0.25, -0.2) is 4.68 Å². The second-order valence-corrected chi connectivity index (χ2v) is 7.45. The molecule has 7 heteroatoms. The second kappa shape index (κ2) is 9.40. The first-order chi connectivity index (χ1) is 12.3. The van der Waals surface area contributed by atoms with Gasteiger partial charge in [-0.05, 0) is 35.8 Å². The van der Waals surface area contributed by atoms with Crippen LogP contribution in [0.1, 0.15) is 50.9 Å². The highest BCUT2D eigenvalue weighted by atomic mass is 16.5. The number of hydrogen-bond donors (Lipinski definition) is 2. The van der Waals surface area contributed by atoms with Gasteiger partial charge in [0.2, 0.25) is 5.82 Å². The summed E-state index contributed by atoms with van der Waals surface area (Å²) in [4.78, 5) is 3.29. The van der Waals surface area contributed by atoms with E-state index in [1.165, 1.54) is 39.0 Å². The van der Waals surface area contributed by atoms with Gasteiger partial charge >= 0.3 is 0 Å². The molecule has 2 atom stereocenters. The Bertz CT molecular complexity index is 519. The van der Waals surface area contributed by atoms with Crippen LogP contribution in [0.4, 0.5) is 0 Å². The molecule has 140 valence electrons. The zero-order chi connectivity index (χ0) is 17.5. The maximum Gasteiger partial charge on any atom is 0.209 e. The first kappa shape index (κ1) is 18.5. The number of hydrogen-bond acceptors (Lipinski definition) is 4. The first-order valence-electron chi connectivity index (χ1n) is 9.98. The van der Waals surface area contributed by atoms with Crippen LogP contribution in [0.3, 0.4) is 0 Å². The monoisotopic (exact) mass is 350 g/mol. The molecular formula is C18H34N6O+2. The normalized spacial score (nSPS) is 28.1. The van der Waals surface area contributed by atoms with Gasteiger partial charge in [-0.2, -0.15) is 0 Å². The van der Waals surface area contributed by atoms with Crippen LogP contribution in [0.5, 0.6) is 0 Å². The number of quaternary nitrogens is 2. The van der Waals surface area contributed by atoms with Crippen molar-refractivity contribution in [2.75, 3.05) is 39.3 Å². The van der Waals surface area contributed by atoms with E-state index in [0.717, 1.165) is 44.8 Å². The number of tetrazole rings is 1. The van der Waals surface area contributed by atoms with Crippen LogP contribution in [-0.4, -0.2) is 65.6 Å². The van der Waals surface area contributed by atoms with Crippen molar-refractivity contribution in [3.63, 3.8) is 0 Å². The molecule has 0 aliphatic carbocycles. The predicted molar refractivity (Wildman–Crippen MR) is 95.5 cm³/mol. The summed E-state index contributed by atoms with van der Waals surface area (Å²) in [6.45, 7) is 13.7. The Kier molecular flexibility index (Phi) is 6.95. The highest BCUT2D eigenvalue weighted by Crippen LogP contribution is 2.18. The SMILES string of the molecule is C=CC[NH+]1CC[NH+]([C@H](CCCC)c2nnnn2C[C@H]2CCCO2)CC1. The van der Waals surface area contributed by atoms with Gasteiger partial charge in [0.15, 0.2) is 0 Å². The molecule has 0 bridgehead atoms. The molecule has 2 saturated heterocycles. The lowest BCUT2D eigenvalue weighted by Crippen LogP contribution is -3.28. The predicted octanol–water partition coefficient (Wildman–Crippen LogP) is -0.947. The second-order valence-electron chi connectivity index (χ2n) is 7.45. The van der Waals surface area contributed by atoms with Crippen LogP contribution < -0.4 is 9.80 Å². The van der Waals surface area contributed by atoms with E-state index in [2.05, 4.69) is 29.0 Å².